The quantitative estimate of drug-likeness (QED) is 0.566. The molecule has 8 heteroatoms. The molecule has 0 saturated carbocycles. The summed E-state index contributed by atoms with van der Waals surface area (Å²) in [7, 11) is 0. The minimum absolute atomic E-state index is 0.123. The van der Waals surface area contributed by atoms with Crippen molar-refractivity contribution < 1.29 is 18.8 Å². The molecule has 164 valence electrons. The zero-order valence-electron chi connectivity index (χ0n) is 17.8. The van der Waals surface area contributed by atoms with E-state index in [2.05, 4.69) is 16.1 Å². The molecule has 0 unspecified atom stereocenters. The number of hydrogen-bond acceptors (Lipinski definition) is 4. The fourth-order valence-corrected chi connectivity index (χ4v) is 3.81. The summed E-state index contributed by atoms with van der Waals surface area (Å²) < 4.78 is 13.2. The molecule has 0 radical (unpaired) electrons. The Bertz CT molecular complexity index is 949. The van der Waals surface area contributed by atoms with Crippen molar-refractivity contribution in [2.45, 2.75) is 38.8 Å². The molecule has 31 heavy (non-hydrogen) atoms. The Morgan fingerprint density at radius 3 is 2.32 bits per heavy atom. The third-order valence-corrected chi connectivity index (χ3v) is 5.50. The van der Waals surface area contributed by atoms with Crippen molar-refractivity contribution >= 4 is 17.8 Å². The second kappa shape index (κ2) is 9.26. The highest BCUT2D eigenvalue weighted by atomic mass is 19.1. The molecule has 2 aromatic rings. The number of amides is 4. The summed E-state index contributed by atoms with van der Waals surface area (Å²) in [6.07, 6.45) is 0.339. The zero-order chi connectivity index (χ0) is 22.6. The lowest BCUT2D eigenvalue weighted by atomic mass is 9.87. The van der Waals surface area contributed by atoms with Crippen LogP contribution in [-0.4, -0.2) is 29.4 Å². The molecule has 2 atom stereocenters. The van der Waals surface area contributed by atoms with Gasteiger partial charge in [-0.1, -0.05) is 63.2 Å². The topological polar surface area (TPSA) is 90.5 Å². The molecule has 1 heterocycles. The highest BCUT2D eigenvalue weighted by Gasteiger charge is 2.52. The molecule has 0 aliphatic carbocycles. The van der Waals surface area contributed by atoms with E-state index in [0.29, 0.717) is 12.0 Å². The van der Waals surface area contributed by atoms with E-state index in [4.69, 9.17) is 0 Å². The molecule has 0 spiro atoms. The van der Waals surface area contributed by atoms with Gasteiger partial charge in [0.2, 0.25) is 0 Å². The van der Waals surface area contributed by atoms with Crippen LogP contribution in [0.15, 0.2) is 54.6 Å². The highest BCUT2D eigenvalue weighted by molar-refractivity contribution is 6.08. The second-order valence-electron chi connectivity index (χ2n) is 7.88. The molecule has 2 aromatic carbocycles. The van der Waals surface area contributed by atoms with Crippen molar-refractivity contribution in [1.82, 2.24) is 21.1 Å². The molecule has 4 amide bonds. The van der Waals surface area contributed by atoms with E-state index in [-0.39, 0.29) is 24.3 Å². The van der Waals surface area contributed by atoms with Crippen LogP contribution in [0.1, 0.15) is 44.4 Å². The van der Waals surface area contributed by atoms with E-state index in [1.165, 1.54) is 12.1 Å². The number of halogens is 1. The van der Waals surface area contributed by atoms with E-state index < -0.39 is 23.4 Å². The molecule has 1 saturated heterocycles. The number of urea groups is 1. The average Bonchev–Trinajstić information content (AvgIpc) is 3.00. The van der Waals surface area contributed by atoms with Crippen LogP contribution < -0.4 is 16.1 Å². The normalized spacial score (nSPS) is 19.5. The monoisotopic (exact) mass is 426 g/mol. The number of nitrogens with zero attached hydrogens (tertiary/aromatic N) is 1. The smallest absolute Gasteiger partial charge is 0.318 e. The summed E-state index contributed by atoms with van der Waals surface area (Å²) in [5, 5.41) is 6.58. The third kappa shape index (κ3) is 4.59. The molecule has 7 nitrogen and oxygen atoms in total. The highest BCUT2D eigenvalue weighted by Crippen LogP contribution is 2.31. The summed E-state index contributed by atoms with van der Waals surface area (Å²) in [5.41, 5.74) is 2.68. The fourth-order valence-electron chi connectivity index (χ4n) is 3.81. The van der Waals surface area contributed by atoms with Crippen LogP contribution in [0.2, 0.25) is 0 Å². The molecule has 1 aliphatic rings. The number of rotatable bonds is 8. The van der Waals surface area contributed by atoms with Crippen molar-refractivity contribution in [1.29, 1.82) is 0 Å². The van der Waals surface area contributed by atoms with Gasteiger partial charge in [-0.2, -0.15) is 5.01 Å². The van der Waals surface area contributed by atoms with E-state index in [0.717, 1.165) is 10.6 Å². The summed E-state index contributed by atoms with van der Waals surface area (Å²) in [4.78, 5) is 38.1. The first kappa shape index (κ1) is 22.4. The van der Waals surface area contributed by atoms with Crippen molar-refractivity contribution in [3.63, 3.8) is 0 Å². The maximum absolute atomic E-state index is 13.2. The SMILES string of the molecule is CC[C@@]1(c2ccccc2)NC(=O)N(NC(=O)CN[C@H](c2ccc(F)cc2)C(C)C)C1=O. The lowest BCUT2D eigenvalue weighted by Gasteiger charge is -2.26. The summed E-state index contributed by atoms with van der Waals surface area (Å²) in [6, 6.07) is 14.1. The molecule has 1 fully saturated rings. The number of hydrogen-bond donors (Lipinski definition) is 3. The number of imide groups is 1. The van der Waals surface area contributed by atoms with Gasteiger partial charge in [0.15, 0.2) is 0 Å². The van der Waals surface area contributed by atoms with Gasteiger partial charge in [0.25, 0.3) is 11.8 Å². The van der Waals surface area contributed by atoms with Crippen LogP contribution in [-0.2, 0) is 15.1 Å². The summed E-state index contributed by atoms with van der Waals surface area (Å²) in [5.74, 6) is -1.27. The molecule has 1 aliphatic heterocycles. The second-order valence-corrected chi connectivity index (χ2v) is 7.88. The molecule has 3 N–H and O–H groups in total. The first-order valence-corrected chi connectivity index (χ1v) is 10.3. The Kier molecular flexibility index (Phi) is 6.70. The molecular formula is C23H27FN4O3. The van der Waals surface area contributed by atoms with Crippen LogP contribution in [0.3, 0.4) is 0 Å². The van der Waals surface area contributed by atoms with Gasteiger partial charge in [0.05, 0.1) is 6.54 Å². The number of hydrazine groups is 1. The predicted octanol–water partition coefficient (Wildman–Crippen LogP) is 3.00. The molecule has 3 rings (SSSR count). The average molecular weight is 426 g/mol. The van der Waals surface area contributed by atoms with E-state index in [1.807, 2.05) is 19.9 Å². The molecule has 0 aromatic heterocycles. The lowest BCUT2D eigenvalue weighted by molar-refractivity contribution is -0.139. The maximum Gasteiger partial charge on any atom is 0.344 e. The largest absolute Gasteiger partial charge is 0.344 e. The van der Waals surface area contributed by atoms with Crippen molar-refractivity contribution in [3.8, 4) is 0 Å². The molecular weight excluding hydrogens is 399 g/mol. The van der Waals surface area contributed by atoms with Gasteiger partial charge in [-0.15, -0.1) is 0 Å². The number of benzene rings is 2. The van der Waals surface area contributed by atoms with Gasteiger partial charge in [0, 0.05) is 6.04 Å². The fraction of sp³-hybridized carbons (Fsp3) is 0.348. The van der Waals surface area contributed by atoms with Crippen molar-refractivity contribution in [2.24, 2.45) is 5.92 Å². The van der Waals surface area contributed by atoms with Gasteiger partial charge < -0.3 is 10.6 Å². The Labute approximate surface area is 181 Å². The van der Waals surface area contributed by atoms with Crippen LogP contribution in [0.4, 0.5) is 9.18 Å². The minimum atomic E-state index is -1.21. The van der Waals surface area contributed by atoms with Gasteiger partial charge in [0.1, 0.15) is 11.4 Å². The van der Waals surface area contributed by atoms with Gasteiger partial charge >= 0.3 is 6.03 Å². The number of carbonyl (C=O) groups is 3. The van der Waals surface area contributed by atoms with Crippen LogP contribution in [0, 0.1) is 11.7 Å². The standard InChI is InChI=1S/C23H27FN4O3/c1-4-23(17-8-6-5-7-9-17)21(30)28(22(31)26-23)27-19(29)14-25-20(15(2)3)16-10-12-18(24)13-11-16/h5-13,15,20,25H,4,14H2,1-3H3,(H,26,31)(H,27,29)/t20-,23-/m0/s1. The zero-order valence-corrected chi connectivity index (χ0v) is 17.8. The lowest BCUT2D eigenvalue weighted by Crippen LogP contribution is -2.51. The van der Waals surface area contributed by atoms with Gasteiger partial charge in [-0.05, 0) is 35.6 Å². The third-order valence-electron chi connectivity index (χ3n) is 5.50. The van der Waals surface area contributed by atoms with Crippen molar-refractivity contribution in [3.05, 3.63) is 71.5 Å². The first-order chi connectivity index (χ1) is 14.8. The van der Waals surface area contributed by atoms with Crippen LogP contribution >= 0.6 is 0 Å². The van der Waals surface area contributed by atoms with E-state index in [9.17, 15) is 18.8 Å². The predicted molar refractivity (Wildman–Crippen MR) is 114 cm³/mol. The van der Waals surface area contributed by atoms with Gasteiger partial charge in [-0.25, -0.2) is 9.18 Å². The Morgan fingerprint density at radius 2 is 1.74 bits per heavy atom. The summed E-state index contributed by atoms with van der Waals surface area (Å²) in [6.45, 7) is 5.63. The first-order valence-electron chi connectivity index (χ1n) is 10.3. The number of nitrogens with one attached hydrogen (secondary N) is 3. The van der Waals surface area contributed by atoms with E-state index in [1.54, 1.807) is 43.3 Å². The minimum Gasteiger partial charge on any atom is -0.318 e. The summed E-state index contributed by atoms with van der Waals surface area (Å²) >= 11 is 0. The van der Waals surface area contributed by atoms with Gasteiger partial charge in [-0.3, -0.25) is 15.0 Å². The van der Waals surface area contributed by atoms with Crippen LogP contribution in [0.25, 0.3) is 0 Å². The maximum atomic E-state index is 13.2. The van der Waals surface area contributed by atoms with E-state index >= 15 is 0 Å². The molecule has 0 bridgehead atoms. The Hall–Kier alpha value is -3.26. The Balaban J connectivity index is 1.68. The van der Waals surface area contributed by atoms with Crippen LogP contribution in [0.5, 0.6) is 0 Å². The van der Waals surface area contributed by atoms with Crippen molar-refractivity contribution in [2.75, 3.05) is 6.54 Å². The number of carbonyl (C=O) groups excluding carboxylic acids is 3. The Morgan fingerprint density at radius 1 is 1.10 bits per heavy atom.